The smallest absolute Gasteiger partial charge is 0.346 e. The number of hydrogen-bond donors (Lipinski definition) is 2. The van der Waals surface area contributed by atoms with Crippen LogP contribution in [0.3, 0.4) is 0 Å². The zero-order valence-corrected chi connectivity index (χ0v) is 15.0. The fraction of sp³-hybridized carbons (Fsp3) is 0.143. The predicted octanol–water partition coefficient (Wildman–Crippen LogP) is 4.90. The number of carboxylic acid groups (broad SMARTS) is 1. The first-order chi connectivity index (χ1) is 12.6. The number of rotatable bonds is 3. The number of benzene rings is 2. The second kappa shape index (κ2) is 6.42. The monoisotopic (exact) mass is 363 g/mol. The first-order valence-electron chi connectivity index (χ1n) is 8.37. The van der Waals surface area contributed by atoms with Crippen LogP contribution in [0.5, 0.6) is 0 Å². The van der Waals surface area contributed by atoms with Gasteiger partial charge in [0.15, 0.2) is 0 Å². The highest BCUT2D eigenvalue weighted by Gasteiger charge is 2.34. The molecule has 4 rings (SSSR count). The Morgan fingerprint density at radius 3 is 2.50 bits per heavy atom. The van der Waals surface area contributed by atoms with Crippen LogP contribution in [-0.2, 0) is 4.79 Å². The van der Waals surface area contributed by atoms with Crippen molar-refractivity contribution in [3.05, 3.63) is 75.5 Å². The van der Waals surface area contributed by atoms with E-state index in [1.807, 2.05) is 61.5 Å². The molecular weight excluding hydrogens is 346 g/mol. The molecule has 1 unspecified atom stereocenters. The maximum Gasteiger partial charge on any atom is 0.346 e. The molecule has 0 bridgehead atoms. The largest absolute Gasteiger partial charge is 0.477 e. The third-order valence-electron chi connectivity index (χ3n) is 4.73. The Kier molecular flexibility index (Phi) is 4.09. The average Bonchev–Trinajstić information content (AvgIpc) is 3.02. The van der Waals surface area contributed by atoms with Gasteiger partial charge in [0.2, 0.25) is 5.91 Å². The lowest BCUT2D eigenvalue weighted by molar-refractivity contribution is -0.116. The van der Waals surface area contributed by atoms with Gasteiger partial charge in [-0.3, -0.25) is 4.79 Å². The third kappa shape index (κ3) is 2.70. The second-order valence-corrected chi connectivity index (χ2v) is 7.43. The maximum absolute atomic E-state index is 12.4. The van der Waals surface area contributed by atoms with Crippen molar-refractivity contribution in [3.8, 4) is 11.1 Å². The number of carbonyl (C=O) groups excluding carboxylic acids is 1. The van der Waals surface area contributed by atoms with Gasteiger partial charge in [0, 0.05) is 22.8 Å². The highest BCUT2D eigenvalue weighted by Crippen LogP contribution is 2.49. The van der Waals surface area contributed by atoms with Crippen molar-refractivity contribution in [2.45, 2.75) is 19.3 Å². The molecule has 5 heteroatoms. The van der Waals surface area contributed by atoms with Crippen LogP contribution in [0.25, 0.3) is 11.1 Å². The van der Waals surface area contributed by atoms with Crippen molar-refractivity contribution in [3.63, 3.8) is 0 Å². The summed E-state index contributed by atoms with van der Waals surface area (Å²) in [5.74, 6) is -1.18. The predicted molar refractivity (Wildman–Crippen MR) is 103 cm³/mol. The molecule has 2 N–H and O–H groups in total. The van der Waals surface area contributed by atoms with E-state index in [1.165, 1.54) is 11.3 Å². The van der Waals surface area contributed by atoms with Gasteiger partial charge in [0.1, 0.15) is 4.88 Å². The Balaban J connectivity index is 1.97. The number of amides is 1. The van der Waals surface area contributed by atoms with E-state index in [0.29, 0.717) is 17.7 Å². The van der Waals surface area contributed by atoms with Crippen molar-refractivity contribution in [2.75, 3.05) is 5.32 Å². The number of aromatic carboxylic acids is 1. The summed E-state index contributed by atoms with van der Waals surface area (Å²) in [6, 6.07) is 17.3. The number of carboxylic acids is 1. The van der Waals surface area contributed by atoms with Crippen molar-refractivity contribution in [2.24, 2.45) is 0 Å². The Bertz CT molecular complexity index is 1010. The summed E-state index contributed by atoms with van der Waals surface area (Å²) in [6.45, 7) is 2.02. The van der Waals surface area contributed by atoms with E-state index in [9.17, 15) is 14.7 Å². The molecule has 26 heavy (non-hydrogen) atoms. The van der Waals surface area contributed by atoms with E-state index >= 15 is 0 Å². The molecule has 2 aromatic carbocycles. The first kappa shape index (κ1) is 16.5. The zero-order valence-electron chi connectivity index (χ0n) is 14.2. The minimum atomic E-state index is -0.971. The molecule has 1 atom stereocenters. The van der Waals surface area contributed by atoms with Crippen LogP contribution < -0.4 is 5.32 Å². The second-order valence-electron chi connectivity index (χ2n) is 6.38. The number of thiophene rings is 1. The van der Waals surface area contributed by atoms with Crippen LogP contribution in [-0.4, -0.2) is 17.0 Å². The van der Waals surface area contributed by atoms with E-state index in [-0.39, 0.29) is 16.7 Å². The SMILES string of the molecule is Cc1ccccc1C1CC(=O)Nc2c1sc(C(=O)O)c2-c1ccccc1. The van der Waals surface area contributed by atoms with Crippen LogP contribution >= 0.6 is 11.3 Å². The van der Waals surface area contributed by atoms with E-state index in [4.69, 9.17) is 0 Å². The molecule has 1 aliphatic heterocycles. The Morgan fingerprint density at radius 1 is 1.12 bits per heavy atom. The number of anilines is 1. The number of nitrogens with one attached hydrogen (secondary N) is 1. The minimum absolute atomic E-state index is 0.0855. The molecule has 1 amide bonds. The van der Waals surface area contributed by atoms with E-state index in [1.54, 1.807) is 0 Å². The van der Waals surface area contributed by atoms with Gasteiger partial charge in [-0.25, -0.2) is 4.79 Å². The zero-order chi connectivity index (χ0) is 18.3. The lowest BCUT2D eigenvalue weighted by Gasteiger charge is -2.25. The normalized spacial score (nSPS) is 16.0. The van der Waals surface area contributed by atoms with Crippen LogP contribution in [0.2, 0.25) is 0 Å². The number of carbonyl (C=O) groups is 2. The fourth-order valence-electron chi connectivity index (χ4n) is 3.55. The number of aryl methyl sites for hydroxylation is 1. The van der Waals surface area contributed by atoms with E-state index < -0.39 is 5.97 Å². The summed E-state index contributed by atoms with van der Waals surface area (Å²) in [7, 11) is 0. The van der Waals surface area contributed by atoms with Gasteiger partial charge in [0.25, 0.3) is 0 Å². The molecule has 0 radical (unpaired) electrons. The summed E-state index contributed by atoms with van der Waals surface area (Å²) in [4.78, 5) is 25.5. The van der Waals surface area contributed by atoms with Crippen LogP contribution in [0, 0.1) is 6.92 Å². The molecule has 2 heterocycles. The molecule has 0 fully saturated rings. The van der Waals surface area contributed by atoms with Gasteiger partial charge in [-0.15, -0.1) is 11.3 Å². The quantitative estimate of drug-likeness (QED) is 0.696. The van der Waals surface area contributed by atoms with Gasteiger partial charge < -0.3 is 10.4 Å². The van der Waals surface area contributed by atoms with Gasteiger partial charge in [-0.1, -0.05) is 54.6 Å². The lowest BCUT2D eigenvalue weighted by Crippen LogP contribution is -2.22. The molecule has 4 nitrogen and oxygen atoms in total. The Labute approximate surface area is 155 Å². The summed E-state index contributed by atoms with van der Waals surface area (Å²) in [5, 5.41) is 12.7. The average molecular weight is 363 g/mol. The van der Waals surface area contributed by atoms with Crippen molar-refractivity contribution in [1.29, 1.82) is 0 Å². The topological polar surface area (TPSA) is 66.4 Å². The standard InChI is InChI=1S/C21H17NO3S/c1-12-7-5-6-10-14(12)15-11-16(23)22-18-17(13-8-3-2-4-9-13)20(21(24)25)26-19(15)18/h2-10,15H,11H2,1H3,(H,22,23)(H,24,25). The van der Waals surface area contributed by atoms with Crippen molar-refractivity contribution < 1.29 is 14.7 Å². The van der Waals surface area contributed by atoms with Gasteiger partial charge in [-0.05, 0) is 23.6 Å². The molecule has 1 aliphatic rings. The summed E-state index contributed by atoms with van der Waals surface area (Å²) in [5.41, 5.74) is 4.21. The molecule has 130 valence electrons. The fourth-order valence-corrected chi connectivity index (χ4v) is 4.78. The molecule has 0 saturated carbocycles. The highest BCUT2D eigenvalue weighted by atomic mass is 32.1. The van der Waals surface area contributed by atoms with Gasteiger partial charge in [-0.2, -0.15) is 0 Å². The molecule has 3 aromatic rings. The third-order valence-corrected chi connectivity index (χ3v) is 6.02. The molecule has 0 aliphatic carbocycles. The highest BCUT2D eigenvalue weighted by molar-refractivity contribution is 7.15. The first-order valence-corrected chi connectivity index (χ1v) is 9.18. The van der Waals surface area contributed by atoms with E-state index in [0.717, 1.165) is 21.6 Å². The van der Waals surface area contributed by atoms with E-state index in [2.05, 4.69) is 5.32 Å². The maximum atomic E-state index is 12.4. The summed E-state index contributed by atoms with van der Waals surface area (Å²) in [6.07, 6.45) is 0.325. The van der Waals surface area contributed by atoms with Crippen LogP contribution in [0.4, 0.5) is 5.69 Å². The molecular formula is C21H17NO3S. The molecule has 0 saturated heterocycles. The van der Waals surface area contributed by atoms with Crippen LogP contribution in [0.15, 0.2) is 54.6 Å². The van der Waals surface area contributed by atoms with Crippen molar-refractivity contribution >= 4 is 28.9 Å². The number of fused-ring (bicyclic) bond motifs is 1. The summed E-state index contributed by atoms with van der Waals surface area (Å²) < 4.78 is 0. The lowest BCUT2D eigenvalue weighted by atomic mass is 9.86. The molecule has 0 spiro atoms. The van der Waals surface area contributed by atoms with Crippen molar-refractivity contribution in [1.82, 2.24) is 0 Å². The minimum Gasteiger partial charge on any atom is -0.477 e. The van der Waals surface area contributed by atoms with Crippen LogP contribution in [0.1, 0.15) is 38.0 Å². The molecule has 1 aromatic heterocycles. The van der Waals surface area contributed by atoms with Gasteiger partial charge >= 0.3 is 5.97 Å². The Morgan fingerprint density at radius 2 is 1.81 bits per heavy atom. The summed E-state index contributed by atoms with van der Waals surface area (Å²) >= 11 is 1.26. The number of hydrogen-bond acceptors (Lipinski definition) is 3. The van der Waals surface area contributed by atoms with Gasteiger partial charge in [0.05, 0.1) is 5.69 Å². The Hall–Kier alpha value is -2.92.